The van der Waals surface area contributed by atoms with Crippen LogP contribution in [0, 0.1) is 5.92 Å². The summed E-state index contributed by atoms with van der Waals surface area (Å²) in [6, 6.07) is 6.41. The molecule has 0 radical (unpaired) electrons. The molecule has 2 N–H and O–H groups in total. The number of aromatic hydroxyl groups is 1. The topological polar surface area (TPSA) is 32.3 Å². The van der Waals surface area contributed by atoms with E-state index >= 15 is 0 Å². The second-order valence-electron chi connectivity index (χ2n) is 4.81. The molecule has 1 aromatic carbocycles. The molecule has 0 saturated carbocycles. The van der Waals surface area contributed by atoms with Crippen LogP contribution in [0.3, 0.4) is 0 Å². The van der Waals surface area contributed by atoms with Crippen LogP contribution >= 0.6 is 0 Å². The number of hydrogen-bond acceptors (Lipinski definition) is 2. The van der Waals surface area contributed by atoms with Gasteiger partial charge in [-0.3, -0.25) is 0 Å². The van der Waals surface area contributed by atoms with E-state index in [1.54, 1.807) is 31.2 Å². The van der Waals surface area contributed by atoms with E-state index in [-0.39, 0.29) is 5.75 Å². The zero-order chi connectivity index (χ0) is 11.6. The normalized spacial score (nSPS) is 24.2. The van der Waals surface area contributed by atoms with Crippen molar-refractivity contribution in [2.75, 3.05) is 13.1 Å². The van der Waals surface area contributed by atoms with Crippen molar-refractivity contribution in [1.82, 2.24) is 5.32 Å². The van der Waals surface area contributed by atoms with Crippen molar-refractivity contribution < 1.29 is 9.50 Å². The van der Waals surface area contributed by atoms with Gasteiger partial charge in [0.05, 0.1) is 0 Å². The average molecular weight is 223 g/mol. The number of benzene rings is 1. The van der Waals surface area contributed by atoms with E-state index in [4.69, 9.17) is 0 Å². The third-order valence-corrected chi connectivity index (χ3v) is 3.30. The van der Waals surface area contributed by atoms with Crippen molar-refractivity contribution in [1.29, 1.82) is 0 Å². The highest BCUT2D eigenvalue weighted by atomic mass is 19.1. The van der Waals surface area contributed by atoms with Crippen LogP contribution in [0.1, 0.15) is 25.3 Å². The monoisotopic (exact) mass is 223 g/mol. The lowest BCUT2D eigenvalue weighted by molar-refractivity contribution is 0.150. The number of alkyl halides is 1. The largest absolute Gasteiger partial charge is 0.508 e. The Morgan fingerprint density at radius 3 is 2.69 bits per heavy atom. The molecule has 88 valence electrons. The number of hydrogen-bond donors (Lipinski definition) is 2. The lowest BCUT2D eigenvalue weighted by atomic mass is 9.87. The maximum atomic E-state index is 14.5. The van der Waals surface area contributed by atoms with Gasteiger partial charge in [-0.05, 0) is 56.5 Å². The SMILES string of the molecule is CC(F)(CC1CCNC1)c1ccc(O)cc1. The molecule has 0 aliphatic carbocycles. The van der Waals surface area contributed by atoms with Crippen molar-refractivity contribution in [2.45, 2.75) is 25.4 Å². The minimum Gasteiger partial charge on any atom is -0.508 e. The van der Waals surface area contributed by atoms with E-state index in [2.05, 4.69) is 5.32 Å². The molecule has 0 spiro atoms. The standard InChI is InChI=1S/C13H18FNO/c1-13(14,8-10-6-7-15-9-10)11-2-4-12(16)5-3-11/h2-5,10,15-16H,6-9H2,1H3. The Balaban J connectivity index is 2.07. The molecule has 1 saturated heterocycles. The fraction of sp³-hybridized carbons (Fsp3) is 0.538. The molecule has 1 fully saturated rings. The minimum atomic E-state index is -1.30. The first-order valence-electron chi connectivity index (χ1n) is 5.77. The van der Waals surface area contributed by atoms with Crippen molar-refractivity contribution in [2.24, 2.45) is 5.92 Å². The molecule has 1 aliphatic heterocycles. The smallest absolute Gasteiger partial charge is 0.133 e. The molecule has 1 aliphatic rings. The molecule has 0 amide bonds. The van der Waals surface area contributed by atoms with Crippen LogP contribution < -0.4 is 5.32 Å². The fourth-order valence-electron chi connectivity index (χ4n) is 2.36. The van der Waals surface area contributed by atoms with Crippen LogP contribution in [0.5, 0.6) is 5.75 Å². The number of halogens is 1. The molecule has 1 aromatic rings. The number of phenols is 1. The molecule has 2 atom stereocenters. The average Bonchev–Trinajstić information content (AvgIpc) is 2.70. The first-order valence-corrected chi connectivity index (χ1v) is 5.77. The van der Waals surface area contributed by atoms with Gasteiger partial charge in [0.25, 0.3) is 0 Å². The molecule has 2 nitrogen and oxygen atoms in total. The fourth-order valence-corrected chi connectivity index (χ4v) is 2.36. The highest BCUT2D eigenvalue weighted by Crippen LogP contribution is 2.34. The Labute approximate surface area is 95.5 Å². The minimum absolute atomic E-state index is 0.182. The summed E-state index contributed by atoms with van der Waals surface area (Å²) in [5, 5.41) is 12.4. The molecule has 2 unspecified atom stereocenters. The molecule has 3 heteroatoms. The number of nitrogens with one attached hydrogen (secondary N) is 1. The van der Waals surface area contributed by atoms with Gasteiger partial charge in [-0.25, -0.2) is 4.39 Å². The summed E-state index contributed by atoms with van der Waals surface area (Å²) in [7, 11) is 0. The molecule has 0 aromatic heterocycles. The second kappa shape index (κ2) is 4.42. The van der Waals surface area contributed by atoms with E-state index in [0.29, 0.717) is 17.9 Å². The second-order valence-corrected chi connectivity index (χ2v) is 4.81. The molecule has 0 bridgehead atoms. The Kier molecular flexibility index (Phi) is 3.15. The Hall–Kier alpha value is -1.09. The summed E-state index contributed by atoms with van der Waals surface area (Å²) in [6.45, 7) is 3.53. The predicted octanol–water partition coefficient (Wildman–Crippen LogP) is 2.58. The van der Waals surface area contributed by atoms with Crippen LogP contribution in [-0.2, 0) is 5.67 Å². The third-order valence-electron chi connectivity index (χ3n) is 3.30. The molecular formula is C13H18FNO. The molecule has 1 heterocycles. The van der Waals surface area contributed by atoms with Gasteiger partial charge in [0.1, 0.15) is 11.4 Å². The predicted molar refractivity (Wildman–Crippen MR) is 62.2 cm³/mol. The van der Waals surface area contributed by atoms with Crippen molar-refractivity contribution in [3.8, 4) is 5.75 Å². The Morgan fingerprint density at radius 1 is 1.44 bits per heavy atom. The van der Waals surface area contributed by atoms with Gasteiger partial charge in [0.15, 0.2) is 0 Å². The maximum absolute atomic E-state index is 14.5. The summed E-state index contributed by atoms with van der Waals surface area (Å²) >= 11 is 0. The lowest BCUT2D eigenvalue weighted by Gasteiger charge is -2.24. The summed E-state index contributed by atoms with van der Waals surface area (Å²) in [5.41, 5.74) is -0.651. The highest BCUT2D eigenvalue weighted by molar-refractivity contribution is 5.29. The van der Waals surface area contributed by atoms with E-state index in [0.717, 1.165) is 19.5 Å². The zero-order valence-electron chi connectivity index (χ0n) is 9.54. The first-order chi connectivity index (χ1) is 7.58. The van der Waals surface area contributed by atoms with Gasteiger partial charge in [-0.1, -0.05) is 12.1 Å². The van der Waals surface area contributed by atoms with Crippen LogP contribution in [0.4, 0.5) is 4.39 Å². The first kappa shape index (κ1) is 11.4. The van der Waals surface area contributed by atoms with Gasteiger partial charge < -0.3 is 10.4 Å². The van der Waals surface area contributed by atoms with E-state index < -0.39 is 5.67 Å². The van der Waals surface area contributed by atoms with Crippen LogP contribution in [0.15, 0.2) is 24.3 Å². The van der Waals surface area contributed by atoms with Crippen LogP contribution in [0.25, 0.3) is 0 Å². The van der Waals surface area contributed by atoms with Crippen LogP contribution in [-0.4, -0.2) is 18.2 Å². The van der Waals surface area contributed by atoms with Gasteiger partial charge in [0.2, 0.25) is 0 Å². The van der Waals surface area contributed by atoms with Gasteiger partial charge in [-0.15, -0.1) is 0 Å². The number of rotatable bonds is 3. The van der Waals surface area contributed by atoms with Gasteiger partial charge in [0, 0.05) is 0 Å². The van der Waals surface area contributed by atoms with E-state index in [9.17, 15) is 9.50 Å². The van der Waals surface area contributed by atoms with Crippen molar-refractivity contribution >= 4 is 0 Å². The Morgan fingerprint density at radius 2 is 2.12 bits per heavy atom. The molecular weight excluding hydrogens is 205 g/mol. The zero-order valence-corrected chi connectivity index (χ0v) is 9.54. The summed E-state index contributed by atoms with van der Waals surface area (Å²) in [4.78, 5) is 0. The quantitative estimate of drug-likeness (QED) is 0.825. The maximum Gasteiger partial charge on any atom is 0.133 e. The van der Waals surface area contributed by atoms with Crippen molar-refractivity contribution in [3.63, 3.8) is 0 Å². The van der Waals surface area contributed by atoms with Gasteiger partial charge in [-0.2, -0.15) is 0 Å². The van der Waals surface area contributed by atoms with Crippen molar-refractivity contribution in [3.05, 3.63) is 29.8 Å². The summed E-state index contributed by atoms with van der Waals surface area (Å²) in [5.74, 6) is 0.603. The summed E-state index contributed by atoms with van der Waals surface area (Å²) in [6.07, 6.45) is 1.60. The molecule has 16 heavy (non-hydrogen) atoms. The Bertz CT molecular complexity index is 341. The number of phenolic OH excluding ortho intramolecular Hbond substituents is 1. The van der Waals surface area contributed by atoms with E-state index in [1.165, 1.54) is 0 Å². The lowest BCUT2D eigenvalue weighted by Crippen LogP contribution is -2.21. The van der Waals surface area contributed by atoms with Gasteiger partial charge >= 0.3 is 0 Å². The van der Waals surface area contributed by atoms with E-state index in [1.807, 2.05) is 0 Å². The third kappa shape index (κ3) is 2.53. The van der Waals surface area contributed by atoms with Crippen LogP contribution in [0.2, 0.25) is 0 Å². The summed E-state index contributed by atoms with van der Waals surface area (Å²) < 4.78 is 14.5. The highest BCUT2D eigenvalue weighted by Gasteiger charge is 2.30. The molecule has 2 rings (SSSR count).